The summed E-state index contributed by atoms with van der Waals surface area (Å²) in [6.07, 6.45) is 1.58. The fourth-order valence-corrected chi connectivity index (χ4v) is 2.40. The molecule has 0 aliphatic rings. The second-order valence-electron chi connectivity index (χ2n) is 4.67. The number of hydrogen-bond donors (Lipinski definition) is 2. The quantitative estimate of drug-likeness (QED) is 0.757. The van der Waals surface area contributed by atoms with E-state index in [0.29, 0.717) is 22.5 Å². The number of benzene rings is 2. The zero-order valence-electron chi connectivity index (χ0n) is 11.0. The molecule has 0 bridgehead atoms. The molecule has 1 heterocycles. The van der Waals surface area contributed by atoms with Crippen LogP contribution in [0.25, 0.3) is 10.9 Å². The highest BCUT2D eigenvalue weighted by atomic mass is 35.5. The van der Waals surface area contributed by atoms with Crippen molar-refractivity contribution in [3.8, 4) is 0 Å². The molecule has 3 rings (SSSR count). The average molecular weight is 303 g/mol. The van der Waals surface area contributed by atoms with Crippen LogP contribution in [0.4, 0.5) is 4.39 Å². The van der Waals surface area contributed by atoms with Gasteiger partial charge in [-0.25, -0.2) is 4.39 Å². The third-order valence-electron chi connectivity index (χ3n) is 3.29. The maximum Gasteiger partial charge on any atom is 0.253 e. The van der Waals surface area contributed by atoms with Crippen molar-refractivity contribution in [3.63, 3.8) is 0 Å². The Kier molecular flexibility index (Phi) is 3.62. The number of fused-ring (bicyclic) bond motifs is 1. The van der Waals surface area contributed by atoms with E-state index in [1.807, 2.05) is 18.2 Å². The molecule has 21 heavy (non-hydrogen) atoms. The number of carbonyl (C=O) groups is 1. The van der Waals surface area contributed by atoms with E-state index in [1.54, 1.807) is 18.3 Å². The fourth-order valence-electron chi connectivity index (χ4n) is 2.19. The van der Waals surface area contributed by atoms with Crippen molar-refractivity contribution in [1.29, 1.82) is 0 Å². The molecule has 0 fully saturated rings. The Morgan fingerprint density at radius 2 is 2.05 bits per heavy atom. The van der Waals surface area contributed by atoms with E-state index in [2.05, 4.69) is 10.3 Å². The summed E-state index contributed by atoms with van der Waals surface area (Å²) in [7, 11) is 0. The Hall–Kier alpha value is -2.33. The van der Waals surface area contributed by atoms with E-state index in [0.717, 1.165) is 11.1 Å². The van der Waals surface area contributed by atoms with Gasteiger partial charge in [0.2, 0.25) is 0 Å². The molecule has 0 atom stereocenters. The molecular weight excluding hydrogens is 291 g/mol. The topological polar surface area (TPSA) is 44.9 Å². The molecule has 3 aromatic rings. The van der Waals surface area contributed by atoms with Crippen molar-refractivity contribution < 1.29 is 9.18 Å². The Balaban J connectivity index is 1.81. The van der Waals surface area contributed by atoms with Crippen molar-refractivity contribution in [2.75, 3.05) is 0 Å². The van der Waals surface area contributed by atoms with E-state index in [4.69, 9.17) is 11.6 Å². The van der Waals surface area contributed by atoms with Crippen LogP contribution in [-0.2, 0) is 6.54 Å². The first-order valence-electron chi connectivity index (χ1n) is 6.43. The summed E-state index contributed by atoms with van der Waals surface area (Å²) in [4.78, 5) is 15.2. The second kappa shape index (κ2) is 5.58. The van der Waals surface area contributed by atoms with Gasteiger partial charge in [0.25, 0.3) is 5.91 Å². The van der Waals surface area contributed by atoms with E-state index in [9.17, 15) is 9.18 Å². The Morgan fingerprint density at radius 3 is 2.86 bits per heavy atom. The number of amides is 1. The molecule has 0 saturated carbocycles. The van der Waals surface area contributed by atoms with Crippen LogP contribution in [0.3, 0.4) is 0 Å². The minimum absolute atomic E-state index is 0.272. The van der Waals surface area contributed by atoms with Crippen LogP contribution in [0, 0.1) is 5.82 Å². The van der Waals surface area contributed by atoms with Crippen LogP contribution in [0.15, 0.2) is 48.7 Å². The van der Waals surface area contributed by atoms with E-state index in [-0.39, 0.29) is 11.7 Å². The summed E-state index contributed by atoms with van der Waals surface area (Å²) < 4.78 is 13.3. The van der Waals surface area contributed by atoms with Crippen LogP contribution in [0.1, 0.15) is 15.9 Å². The average Bonchev–Trinajstić information content (AvgIpc) is 2.89. The molecule has 2 aromatic carbocycles. The van der Waals surface area contributed by atoms with Crippen molar-refractivity contribution in [1.82, 2.24) is 10.3 Å². The fraction of sp³-hybridized carbons (Fsp3) is 0.0625. The van der Waals surface area contributed by atoms with Gasteiger partial charge in [-0.2, -0.15) is 0 Å². The van der Waals surface area contributed by atoms with Gasteiger partial charge in [-0.15, -0.1) is 0 Å². The van der Waals surface area contributed by atoms with Gasteiger partial charge < -0.3 is 10.3 Å². The first-order valence-corrected chi connectivity index (χ1v) is 6.81. The molecule has 2 N–H and O–H groups in total. The molecule has 3 nitrogen and oxygen atoms in total. The lowest BCUT2D eigenvalue weighted by Crippen LogP contribution is -2.22. The highest BCUT2D eigenvalue weighted by molar-refractivity contribution is 6.31. The molecule has 0 unspecified atom stereocenters. The predicted molar refractivity (Wildman–Crippen MR) is 80.9 cm³/mol. The molecule has 0 aliphatic heterocycles. The number of halogens is 2. The number of aromatic amines is 1. The highest BCUT2D eigenvalue weighted by Crippen LogP contribution is 2.20. The maximum atomic E-state index is 13.3. The minimum atomic E-state index is -0.373. The maximum absolute atomic E-state index is 13.3. The third-order valence-corrected chi connectivity index (χ3v) is 3.65. The SMILES string of the molecule is O=C(NCc1ccccc1Cl)c1c[nH]c2ccc(F)cc12. The van der Waals surface area contributed by atoms with Gasteiger partial charge in [0, 0.05) is 28.7 Å². The van der Waals surface area contributed by atoms with Gasteiger partial charge in [-0.3, -0.25) is 4.79 Å². The summed E-state index contributed by atoms with van der Waals surface area (Å²) in [5.74, 6) is -0.644. The van der Waals surface area contributed by atoms with Gasteiger partial charge in [-0.05, 0) is 29.8 Å². The lowest BCUT2D eigenvalue weighted by molar-refractivity contribution is 0.0952. The first kappa shape index (κ1) is 13.6. The predicted octanol–water partition coefficient (Wildman–Crippen LogP) is 3.89. The summed E-state index contributed by atoms with van der Waals surface area (Å²) in [5, 5.41) is 3.95. The van der Waals surface area contributed by atoms with Gasteiger partial charge in [0.05, 0.1) is 5.56 Å². The molecule has 0 saturated heterocycles. The van der Waals surface area contributed by atoms with Crippen molar-refractivity contribution in [2.24, 2.45) is 0 Å². The third kappa shape index (κ3) is 2.76. The molecule has 0 aliphatic carbocycles. The Morgan fingerprint density at radius 1 is 1.24 bits per heavy atom. The zero-order chi connectivity index (χ0) is 14.8. The molecular formula is C16H12ClFN2O. The molecule has 5 heteroatoms. The minimum Gasteiger partial charge on any atom is -0.360 e. The van der Waals surface area contributed by atoms with Crippen LogP contribution >= 0.6 is 11.6 Å². The Bertz CT molecular complexity index is 813. The Labute approximate surface area is 125 Å². The van der Waals surface area contributed by atoms with Crippen LogP contribution < -0.4 is 5.32 Å². The van der Waals surface area contributed by atoms with Gasteiger partial charge in [0.1, 0.15) is 5.82 Å². The summed E-state index contributed by atoms with van der Waals surface area (Å²) >= 11 is 6.04. The number of rotatable bonds is 3. The summed E-state index contributed by atoms with van der Waals surface area (Å²) in [6, 6.07) is 11.6. The monoisotopic (exact) mass is 302 g/mol. The van der Waals surface area contributed by atoms with Gasteiger partial charge >= 0.3 is 0 Å². The van der Waals surface area contributed by atoms with Crippen molar-refractivity contribution in [3.05, 3.63) is 70.6 Å². The lowest BCUT2D eigenvalue weighted by Gasteiger charge is -2.06. The van der Waals surface area contributed by atoms with Crippen LogP contribution in [-0.4, -0.2) is 10.9 Å². The summed E-state index contributed by atoms with van der Waals surface area (Å²) in [5.41, 5.74) is 1.97. The first-order chi connectivity index (χ1) is 10.1. The van der Waals surface area contributed by atoms with Crippen LogP contribution in [0.2, 0.25) is 5.02 Å². The molecule has 1 amide bonds. The molecule has 0 radical (unpaired) electrons. The van der Waals surface area contributed by atoms with Gasteiger partial charge in [-0.1, -0.05) is 29.8 Å². The number of aromatic nitrogens is 1. The van der Waals surface area contributed by atoms with Gasteiger partial charge in [0.15, 0.2) is 0 Å². The number of hydrogen-bond acceptors (Lipinski definition) is 1. The zero-order valence-corrected chi connectivity index (χ0v) is 11.7. The van der Waals surface area contributed by atoms with E-state index < -0.39 is 0 Å². The largest absolute Gasteiger partial charge is 0.360 e. The normalized spacial score (nSPS) is 10.8. The molecule has 1 aromatic heterocycles. The number of carbonyl (C=O) groups excluding carboxylic acids is 1. The van der Waals surface area contributed by atoms with Crippen molar-refractivity contribution >= 4 is 28.4 Å². The molecule has 0 spiro atoms. The van der Waals surface area contributed by atoms with Crippen molar-refractivity contribution in [2.45, 2.75) is 6.54 Å². The number of H-pyrrole nitrogens is 1. The van der Waals surface area contributed by atoms with E-state index >= 15 is 0 Å². The standard InChI is InChI=1S/C16H12ClFN2O/c17-14-4-2-1-3-10(14)8-20-16(21)13-9-19-15-6-5-11(18)7-12(13)15/h1-7,9,19H,8H2,(H,20,21). The number of nitrogens with one attached hydrogen (secondary N) is 2. The highest BCUT2D eigenvalue weighted by Gasteiger charge is 2.12. The summed E-state index contributed by atoms with van der Waals surface area (Å²) in [6.45, 7) is 0.320. The van der Waals surface area contributed by atoms with Crippen LogP contribution in [0.5, 0.6) is 0 Å². The molecule has 106 valence electrons. The second-order valence-corrected chi connectivity index (χ2v) is 5.07. The smallest absolute Gasteiger partial charge is 0.253 e. The van der Waals surface area contributed by atoms with E-state index in [1.165, 1.54) is 12.1 Å². The lowest BCUT2D eigenvalue weighted by atomic mass is 10.1.